The highest BCUT2D eigenvalue weighted by atomic mass is 32.2. The molecule has 9 heteroatoms. The number of hydrogen-bond donors (Lipinski definition) is 1. The molecule has 2 amide bonds. The van der Waals surface area contributed by atoms with Gasteiger partial charge in [-0.05, 0) is 31.2 Å². The van der Waals surface area contributed by atoms with Gasteiger partial charge in [-0.1, -0.05) is 12.1 Å². The number of para-hydroxylation sites is 1. The summed E-state index contributed by atoms with van der Waals surface area (Å²) < 4.78 is 35.8. The van der Waals surface area contributed by atoms with E-state index in [4.69, 9.17) is 9.47 Å². The van der Waals surface area contributed by atoms with Crippen LogP contribution in [0.25, 0.3) is 0 Å². The van der Waals surface area contributed by atoms with Gasteiger partial charge in [0.05, 0.1) is 30.1 Å². The third-order valence-corrected chi connectivity index (χ3v) is 6.91. The van der Waals surface area contributed by atoms with Crippen molar-refractivity contribution in [3.8, 4) is 11.5 Å². The van der Waals surface area contributed by atoms with Crippen LogP contribution < -0.4 is 19.7 Å². The molecule has 154 valence electrons. The van der Waals surface area contributed by atoms with Crippen molar-refractivity contribution in [3.05, 3.63) is 42.5 Å². The molecule has 29 heavy (non-hydrogen) atoms. The number of carbonyl (C=O) groups is 2. The van der Waals surface area contributed by atoms with E-state index >= 15 is 0 Å². The number of anilines is 2. The van der Waals surface area contributed by atoms with Gasteiger partial charge < -0.3 is 19.7 Å². The maximum atomic E-state index is 12.7. The molecule has 1 heterocycles. The van der Waals surface area contributed by atoms with Crippen LogP contribution in [-0.2, 0) is 19.4 Å². The fourth-order valence-corrected chi connectivity index (χ4v) is 4.70. The Hall–Kier alpha value is -3.07. The zero-order valence-electron chi connectivity index (χ0n) is 16.3. The highest BCUT2D eigenvalue weighted by Crippen LogP contribution is 2.33. The first-order valence-electron chi connectivity index (χ1n) is 8.93. The van der Waals surface area contributed by atoms with Crippen molar-refractivity contribution < 1.29 is 27.5 Å². The molecule has 0 saturated heterocycles. The molecule has 0 radical (unpaired) electrons. The first kappa shape index (κ1) is 20.7. The lowest BCUT2D eigenvalue weighted by Gasteiger charge is -2.22. The van der Waals surface area contributed by atoms with Gasteiger partial charge in [0, 0.05) is 18.2 Å². The molecule has 0 aromatic heterocycles. The second-order valence-corrected chi connectivity index (χ2v) is 8.96. The molecule has 8 nitrogen and oxygen atoms in total. The summed E-state index contributed by atoms with van der Waals surface area (Å²) in [6, 6.07) is 11.1. The molecule has 1 aliphatic rings. The average Bonchev–Trinajstić information content (AvgIpc) is 2.77. The number of hydrogen-bond acceptors (Lipinski definition) is 6. The third-order valence-electron chi connectivity index (χ3n) is 4.72. The van der Waals surface area contributed by atoms with E-state index < -0.39 is 26.9 Å². The zero-order valence-corrected chi connectivity index (χ0v) is 17.2. The first-order chi connectivity index (χ1) is 13.8. The number of nitrogens with one attached hydrogen (secondary N) is 1. The van der Waals surface area contributed by atoms with Gasteiger partial charge >= 0.3 is 0 Å². The van der Waals surface area contributed by atoms with E-state index in [1.165, 1.54) is 38.2 Å². The maximum Gasteiger partial charge on any atom is 0.244 e. The number of amides is 2. The fraction of sp³-hybridized carbons (Fsp3) is 0.300. The summed E-state index contributed by atoms with van der Waals surface area (Å²) in [5.74, 6) is 0.0727. The molecule has 2 aromatic carbocycles. The SMILES string of the molecule is COc1ccc(NC(=O)CN2C(=O)CC(C)S(=O)(=O)c3ccccc32)cc1OC. The molecular weight excluding hydrogens is 396 g/mol. The van der Waals surface area contributed by atoms with Gasteiger partial charge in [-0.2, -0.15) is 0 Å². The van der Waals surface area contributed by atoms with Gasteiger partial charge in [-0.25, -0.2) is 8.42 Å². The van der Waals surface area contributed by atoms with Gasteiger partial charge in [0.1, 0.15) is 6.54 Å². The molecular formula is C20H22N2O6S. The largest absolute Gasteiger partial charge is 0.493 e. The molecule has 3 rings (SSSR count). The molecule has 0 bridgehead atoms. The summed E-state index contributed by atoms with van der Waals surface area (Å²) in [5.41, 5.74) is 0.675. The van der Waals surface area contributed by atoms with E-state index in [2.05, 4.69) is 5.32 Å². The van der Waals surface area contributed by atoms with Crippen LogP contribution >= 0.6 is 0 Å². The number of carbonyl (C=O) groups excluding carboxylic acids is 2. The highest BCUT2D eigenvalue weighted by Gasteiger charge is 2.36. The third kappa shape index (κ3) is 4.04. The van der Waals surface area contributed by atoms with Gasteiger partial charge in [-0.15, -0.1) is 0 Å². The Balaban J connectivity index is 1.87. The van der Waals surface area contributed by atoms with Crippen LogP contribution in [0.2, 0.25) is 0 Å². The molecule has 1 N–H and O–H groups in total. The van der Waals surface area contributed by atoms with Crippen LogP contribution in [0.3, 0.4) is 0 Å². The van der Waals surface area contributed by atoms with Crippen molar-refractivity contribution in [1.82, 2.24) is 0 Å². The second kappa shape index (κ2) is 8.12. The van der Waals surface area contributed by atoms with Gasteiger partial charge in [0.2, 0.25) is 11.8 Å². The Morgan fingerprint density at radius 3 is 2.52 bits per heavy atom. The van der Waals surface area contributed by atoms with E-state index in [0.717, 1.165) is 0 Å². The Labute approximate surface area is 169 Å². The zero-order chi connectivity index (χ0) is 21.2. The van der Waals surface area contributed by atoms with E-state index in [-0.39, 0.29) is 23.5 Å². The van der Waals surface area contributed by atoms with Crippen LogP contribution in [0, 0.1) is 0 Å². The summed E-state index contributed by atoms with van der Waals surface area (Å²) in [5, 5.41) is 1.84. The summed E-state index contributed by atoms with van der Waals surface area (Å²) in [6.45, 7) is 1.18. The van der Waals surface area contributed by atoms with E-state index in [0.29, 0.717) is 17.2 Å². The molecule has 0 aliphatic carbocycles. The Morgan fingerprint density at radius 2 is 1.83 bits per heavy atom. The monoisotopic (exact) mass is 418 g/mol. The standard InChI is InChI=1S/C20H22N2O6S/c1-13-10-20(24)22(15-6-4-5-7-18(15)29(13,25)26)12-19(23)21-14-8-9-16(27-2)17(11-14)28-3/h4-9,11,13H,10,12H2,1-3H3,(H,21,23). The van der Waals surface area contributed by atoms with Crippen LogP contribution in [0.1, 0.15) is 13.3 Å². The van der Waals surface area contributed by atoms with Crippen molar-refractivity contribution in [1.29, 1.82) is 0 Å². The number of methoxy groups -OCH3 is 2. The predicted octanol–water partition coefficient (Wildman–Crippen LogP) is 2.24. The van der Waals surface area contributed by atoms with Gasteiger partial charge in [0.25, 0.3) is 0 Å². The number of ether oxygens (including phenoxy) is 2. The Bertz CT molecular complexity index is 1050. The predicted molar refractivity (Wildman–Crippen MR) is 108 cm³/mol. The Morgan fingerprint density at radius 1 is 1.14 bits per heavy atom. The lowest BCUT2D eigenvalue weighted by molar-refractivity contribution is -0.121. The summed E-state index contributed by atoms with van der Waals surface area (Å²) in [4.78, 5) is 26.6. The molecule has 1 unspecified atom stereocenters. The average molecular weight is 418 g/mol. The lowest BCUT2D eigenvalue weighted by atomic mass is 10.2. The molecule has 0 spiro atoms. The molecule has 0 saturated carbocycles. The van der Waals surface area contributed by atoms with Gasteiger partial charge in [-0.3, -0.25) is 9.59 Å². The molecule has 2 aromatic rings. The minimum Gasteiger partial charge on any atom is -0.493 e. The van der Waals surface area contributed by atoms with Gasteiger partial charge in [0.15, 0.2) is 21.3 Å². The number of sulfone groups is 1. The number of nitrogens with zero attached hydrogens (tertiary/aromatic N) is 1. The summed E-state index contributed by atoms with van der Waals surface area (Å²) in [7, 11) is -0.668. The summed E-state index contributed by atoms with van der Waals surface area (Å²) >= 11 is 0. The second-order valence-electron chi connectivity index (χ2n) is 6.63. The summed E-state index contributed by atoms with van der Waals surface area (Å²) in [6.07, 6.45) is -0.194. The highest BCUT2D eigenvalue weighted by molar-refractivity contribution is 7.92. The van der Waals surface area contributed by atoms with Crippen molar-refractivity contribution >= 4 is 33.0 Å². The van der Waals surface area contributed by atoms with Crippen molar-refractivity contribution in [2.75, 3.05) is 31.0 Å². The number of fused-ring (bicyclic) bond motifs is 1. The van der Waals surface area contributed by atoms with E-state index in [1.807, 2.05) is 0 Å². The minimum absolute atomic E-state index is 0.0530. The van der Waals surface area contributed by atoms with Crippen molar-refractivity contribution in [2.45, 2.75) is 23.5 Å². The maximum absolute atomic E-state index is 12.7. The normalized spacial score (nSPS) is 17.8. The van der Waals surface area contributed by atoms with Crippen molar-refractivity contribution in [2.24, 2.45) is 0 Å². The number of rotatable bonds is 5. The van der Waals surface area contributed by atoms with Crippen LogP contribution in [-0.4, -0.2) is 46.2 Å². The minimum atomic E-state index is -3.66. The molecule has 0 fully saturated rings. The van der Waals surface area contributed by atoms with E-state index in [9.17, 15) is 18.0 Å². The topological polar surface area (TPSA) is 102 Å². The fourth-order valence-electron chi connectivity index (χ4n) is 3.17. The molecule has 1 aliphatic heterocycles. The quantitative estimate of drug-likeness (QED) is 0.799. The Kier molecular flexibility index (Phi) is 5.78. The smallest absolute Gasteiger partial charge is 0.244 e. The van der Waals surface area contributed by atoms with Crippen LogP contribution in [0.4, 0.5) is 11.4 Å². The van der Waals surface area contributed by atoms with Crippen molar-refractivity contribution in [3.63, 3.8) is 0 Å². The van der Waals surface area contributed by atoms with E-state index in [1.54, 1.807) is 30.3 Å². The first-order valence-corrected chi connectivity index (χ1v) is 10.5. The van der Waals surface area contributed by atoms with Crippen LogP contribution in [0.5, 0.6) is 11.5 Å². The lowest BCUT2D eigenvalue weighted by Crippen LogP contribution is -2.38. The van der Waals surface area contributed by atoms with Crippen LogP contribution in [0.15, 0.2) is 47.4 Å². The molecule has 1 atom stereocenters. The number of benzene rings is 2.